The molecule has 0 atom stereocenters. The van der Waals surface area contributed by atoms with Crippen LogP contribution in [0, 0.1) is 0 Å². The number of nitrogens with one attached hydrogen (secondary N) is 2. The van der Waals surface area contributed by atoms with Gasteiger partial charge in [-0.3, -0.25) is 0 Å². The van der Waals surface area contributed by atoms with Crippen LogP contribution in [-0.4, -0.2) is 17.1 Å². The number of benzene rings is 1. The summed E-state index contributed by atoms with van der Waals surface area (Å²) in [6.45, 7) is 0.516. The Hall–Kier alpha value is -2.73. The largest absolute Gasteiger partial charge is 0.497 e. The van der Waals surface area contributed by atoms with Crippen molar-refractivity contribution in [1.29, 1.82) is 0 Å². The van der Waals surface area contributed by atoms with E-state index in [9.17, 15) is 0 Å². The van der Waals surface area contributed by atoms with Gasteiger partial charge in [0, 0.05) is 11.8 Å². The number of hydrogen-bond acceptors (Lipinski definition) is 6. The molecule has 2 aromatic heterocycles. The standard InChI is InChI=1S/C16H15ClN4O2/c1-22-12-6-4-11(5-7-12)19-15-9-14(20-16(17)21-15)18-10-13-3-2-8-23-13/h2-9H,10H2,1H3,(H2,18,19,20,21). The van der Waals surface area contributed by atoms with Crippen molar-refractivity contribution in [3.8, 4) is 5.75 Å². The Labute approximate surface area is 138 Å². The molecule has 0 bridgehead atoms. The Kier molecular flexibility index (Phi) is 4.63. The van der Waals surface area contributed by atoms with Crippen LogP contribution in [0.3, 0.4) is 0 Å². The number of halogens is 1. The molecular weight excluding hydrogens is 316 g/mol. The normalized spacial score (nSPS) is 10.3. The summed E-state index contributed by atoms with van der Waals surface area (Å²) < 4.78 is 10.4. The fourth-order valence-corrected chi connectivity index (χ4v) is 2.17. The van der Waals surface area contributed by atoms with Gasteiger partial charge >= 0.3 is 0 Å². The van der Waals surface area contributed by atoms with Gasteiger partial charge in [-0.15, -0.1) is 0 Å². The van der Waals surface area contributed by atoms with E-state index in [2.05, 4.69) is 20.6 Å². The number of furan rings is 1. The topological polar surface area (TPSA) is 72.2 Å². The molecule has 0 amide bonds. The maximum absolute atomic E-state index is 5.98. The lowest BCUT2D eigenvalue weighted by molar-refractivity contribution is 0.415. The molecule has 23 heavy (non-hydrogen) atoms. The highest BCUT2D eigenvalue weighted by Gasteiger charge is 2.05. The second kappa shape index (κ2) is 7.02. The number of anilines is 3. The van der Waals surface area contributed by atoms with Gasteiger partial charge in [0.2, 0.25) is 5.28 Å². The molecule has 3 aromatic rings. The van der Waals surface area contributed by atoms with Gasteiger partial charge < -0.3 is 19.8 Å². The van der Waals surface area contributed by atoms with Crippen molar-refractivity contribution in [2.24, 2.45) is 0 Å². The Bertz CT molecular complexity index is 760. The number of ether oxygens (including phenoxy) is 1. The molecule has 3 rings (SSSR count). The molecule has 0 radical (unpaired) electrons. The van der Waals surface area contributed by atoms with E-state index < -0.39 is 0 Å². The maximum atomic E-state index is 5.98. The van der Waals surface area contributed by atoms with Crippen molar-refractivity contribution in [3.05, 3.63) is 59.8 Å². The molecule has 2 heterocycles. The van der Waals surface area contributed by atoms with Gasteiger partial charge in [-0.05, 0) is 48.0 Å². The van der Waals surface area contributed by atoms with E-state index in [-0.39, 0.29) is 5.28 Å². The van der Waals surface area contributed by atoms with Crippen LogP contribution in [0.5, 0.6) is 5.75 Å². The third-order valence-electron chi connectivity index (χ3n) is 3.09. The molecule has 0 aliphatic heterocycles. The van der Waals surface area contributed by atoms with E-state index in [1.54, 1.807) is 19.4 Å². The maximum Gasteiger partial charge on any atom is 0.226 e. The molecule has 0 fully saturated rings. The molecule has 0 saturated heterocycles. The minimum atomic E-state index is 0.158. The highest BCUT2D eigenvalue weighted by Crippen LogP contribution is 2.21. The molecule has 6 nitrogen and oxygen atoms in total. The highest BCUT2D eigenvalue weighted by atomic mass is 35.5. The minimum absolute atomic E-state index is 0.158. The molecule has 118 valence electrons. The van der Waals surface area contributed by atoms with Crippen molar-refractivity contribution in [2.75, 3.05) is 17.7 Å². The molecular formula is C16H15ClN4O2. The molecule has 2 N–H and O–H groups in total. The zero-order valence-electron chi connectivity index (χ0n) is 12.4. The van der Waals surface area contributed by atoms with Crippen LogP contribution in [0.4, 0.5) is 17.3 Å². The monoisotopic (exact) mass is 330 g/mol. The first kappa shape index (κ1) is 15.2. The third kappa shape index (κ3) is 4.14. The predicted octanol–water partition coefficient (Wildman–Crippen LogP) is 4.09. The zero-order valence-corrected chi connectivity index (χ0v) is 13.2. The summed E-state index contributed by atoms with van der Waals surface area (Å²) in [5.41, 5.74) is 0.873. The predicted molar refractivity (Wildman–Crippen MR) is 89.4 cm³/mol. The van der Waals surface area contributed by atoms with Crippen molar-refractivity contribution in [1.82, 2.24) is 9.97 Å². The summed E-state index contributed by atoms with van der Waals surface area (Å²) in [5, 5.41) is 6.48. The first-order chi connectivity index (χ1) is 11.2. The zero-order chi connectivity index (χ0) is 16.1. The number of hydrogen-bond donors (Lipinski definition) is 2. The van der Waals surface area contributed by atoms with Crippen LogP contribution in [0.2, 0.25) is 5.28 Å². The third-order valence-corrected chi connectivity index (χ3v) is 3.25. The Morgan fingerprint density at radius 2 is 1.91 bits per heavy atom. The van der Waals surface area contributed by atoms with E-state index in [1.165, 1.54) is 0 Å². The molecule has 0 aliphatic rings. The summed E-state index contributed by atoms with van der Waals surface area (Å²) in [4.78, 5) is 8.31. The summed E-state index contributed by atoms with van der Waals surface area (Å²) in [6, 6.07) is 13.0. The molecule has 0 unspecified atom stereocenters. The first-order valence-electron chi connectivity index (χ1n) is 6.95. The second-order valence-corrected chi connectivity index (χ2v) is 5.03. The van der Waals surface area contributed by atoms with Crippen LogP contribution in [-0.2, 0) is 6.54 Å². The van der Waals surface area contributed by atoms with E-state index >= 15 is 0 Å². The summed E-state index contributed by atoms with van der Waals surface area (Å²) in [5.74, 6) is 2.80. The van der Waals surface area contributed by atoms with Gasteiger partial charge in [0.05, 0.1) is 19.9 Å². The quantitative estimate of drug-likeness (QED) is 0.663. The van der Waals surface area contributed by atoms with Gasteiger partial charge in [-0.1, -0.05) is 0 Å². The first-order valence-corrected chi connectivity index (χ1v) is 7.32. The molecule has 0 aliphatic carbocycles. The molecule has 0 saturated carbocycles. The smallest absolute Gasteiger partial charge is 0.226 e. The van der Waals surface area contributed by atoms with E-state index in [1.807, 2.05) is 36.4 Å². The highest BCUT2D eigenvalue weighted by molar-refractivity contribution is 6.28. The fourth-order valence-electron chi connectivity index (χ4n) is 1.99. The lowest BCUT2D eigenvalue weighted by Crippen LogP contribution is -2.03. The summed E-state index contributed by atoms with van der Waals surface area (Å²) in [6.07, 6.45) is 1.63. The van der Waals surface area contributed by atoms with Crippen molar-refractivity contribution in [3.63, 3.8) is 0 Å². The number of methoxy groups -OCH3 is 1. The van der Waals surface area contributed by atoms with Crippen LogP contribution in [0.25, 0.3) is 0 Å². The van der Waals surface area contributed by atoms with Crippen LogP contribution >= 0.6 is 11.6 Å². The van der Waals surface area contributed by atoms with Crippen molar-refractivity contribution < 1.29 is 9.15 Å². The number of rotatable bonds is 6. The van der Waals surface area contributed by atoms with Gasteiger partial charge in [-0.2, -0.15) is 0 Å². The lowest BCUT2D eigenvalue weighted by Gasteiger charge is -2.09. The van der Waals surface area contributed by atoms with Crippen molar-refractivity contribution >= 4 is 28.9 Å². The number of aromatic nitrogens is 2. The molecule has 7 heteroatoms. The number of nitrogens with zero attached hydrogens (tertiary/aromatic N) is 2. The van der Waals surface area contributed by atoms with E-state index in [0.29, 0.717) is 18.2 Å². The van der Waals surface area contributed by atoms with Gasteiger partial charge in [0.15, 0.2) is 0 Å². The summed E-state index contributed by atoms with van der Waals surface area (Å²) in [7, 11) is 1.63. The van der Waals surface area contributed by atoms with Gasteiger partial charge in [0.1, 0.15) is 23.1 Å². The Balaban J connectivity index is 1.71. The van der Waals surface area contributed by atoms with E-state index in [0.717, 1.165) is 17.2 Å². The Morgan fingerprint density at radius 1 is 1.13 bits per heavy atom. The fraction of sp³-hybridized carbons (Fsp3) is 0.125. The van der Waals surface area contributed by atoms with E-state index in [4.69, 9.17) is 20.8 Å². The summed E-state index contributed by atoms with van der Waals surface area (Å²) >= 11 is 5.98. The van der Waals surface area contributed by atoms with Crippen LogP contribution in [0.1, 0.15) is 5.76 Å². The van der Waals surface area contributed by atoms with Gasteiger partial charge in [-0.25, -0.2) is 9.97 Å². The second-order valence-electron chi connectivity index (χ2n) is 4.69. The molecule has 0 spiro atoms. The SMILES string of the molecule is COc1ccc(Nc2cc(NCc3ccco3)nc(Cl)n2)cc1. The Morgan fingerprint density at radius 3 is 2.61 bits per heavy atom. The molecule has 1 aromatic carbocycles. The average molecular weight is 331 g/mol. The van der Waals surface area contributed by atoms with Crippen LogP contribution in [0.15, 0.2) is 53.1 Å². The van der Waals surface area contributed by atoms with Gasteiger partial charge in [0.25, 0.3) is 0 Å². The average Bonchev–Trinajstić information content (AvgIpc) is 3.07. The lowest BCUT2D eigenvalue weighted by atomic mass is 10.3. The van der Waals surface area contributed by atoms with Crippen LogP contribution < -0.4 is 15.4 Å². The minimum Gasteiger partial charge on any atom is -0.497 e. The van der Waals surface area contributed by atoms with Crippen molar-refractivity contribution in [2.45, 2.75) is 6.54 Å².